The van der Waals surface area contributed by atoms with Gasteiger partial charge in [-0.3, -0.25) is 0 Å². The molecule has 4 heteroatoms. The van der Waals surface area contributed by atoms with Gasteiger partial charge in [-0.25, -0.2) is 4.98 Å². The number of thiazole rings is 1. The van der Waals surface area contributed by atoms with Crippen LogP contribution in [-0.2, 0) is 0 Å². The second kappa shape index (κ2) is 3.59. The molecule has 0 aliphatic rings. The number of nitrogens with zero attached hydrogens (tertiary/aromatic N) is 1. The molecule has 0 aliphatic carbocycles. The minimum Gasteiger partial charge on any atom is -0.398 e. The van der Waals surface area contributed by atoms with Crippen molar-refractivity contribution in [2.75, 3.05) is 5.73 Å². The van der Waals surface area contributed by atoms with E-state index in [0.29, 0.717) is 10.7 Å². The van der Waals surface area contributed by atoms with Crippen LogP contribution in [0.25, 0.3) is 11.3 Å². The van der Waals surface area contributed by atoms with Gasteiger partial charge in [-0.2, -0.15) is 0 Å². The highest BCUT2D eigenvalue weighted by atomic mass is 35.5. The third kappa shape index (κ3) is 1.74. The van der Waals surface area contributed by atoms with Crippen molar-refractivity contribution in [3.05, 3.63) is 33.6 Å². The molecule has 0 saturated carbocycles. The van der Waals surface area contributed by atoms with Crippen LogP contribution in [-0.4, -0.2) is 4.98 Å². The Morgan fingerprint density at radius 3 is 2.79 bits per heavy atom. The predicted molar refractivity (Wildman–Crippen MR) is 61.7 cm³/mol. The molecule has 0 saturated heterocycles. The molecule has 14 heavy (non-hydrogen) atoms. The van der Waals surface area contributed by atoms with Gasteiger partial charge >= 0.3 is 0 Å². The average Bonchev–Trinajstić information content (AvgIpc) is 2.51. The molecule has 0 atom stereocenters. The SMILES string of the molecule is Cc1nc(-c2ccc(Cl)cc2N)cs1. The van der Waals surface area contributed by atoms with E-state index >= 15 is 0 Å². The first-order valence-electron chi connectivity index (χ1n) is 4.14. The van der Waals surface area contributed by atoms with Gasteiger partial charge in [0, 0.05) is 21.7 Å². The molecule has 1 heterocycles. The molecule has 0 radical (unpaired) electrons. The topological polar surface area (TPSA) is 38.9 Å². The smallest absolute Gasteiger partial charge is 0.0901 e. The molecule has 1 aromatic carbocycles. The lowest BCUT2D eigenvalue weighted by Gasteiger charge is -2.02. The van der Waals surface area contributed by atoms with Gasteiger partial charge < -0.3 is 5.73 Å². The molecule has 72 valence electrons. The fourth-order valence-corrected chi connectivity index (χ4v) is 2.05. The highest BCUT2D eigenvalue weighted by Gasteiger charge is 2.05. The largest absolute Gasteiger partial charge is 0.398 e. The standard InChI is InChI=1S/C10H9ClN2S/c1-6-13-10(5-14-6)8-3-2-7(11)4-9(8)12/h2-5H,12H2,1H3. The lowest BCUT2D eigenvalue weighted by molar-refractivity contribution is 1.30. The molecular weight excluding hydrogens is 216 g/mol. The van der Waals surface area contributed by atoms with E-state index in [1.165, 1.54) is 0 Å². The lowest BCUT2D eigenvalue weighted by Crippen LogP contribution is -1.89. The fraction of sp³-hybridized carbons (Fsp3) is 0.100. The molecule has 0 unspecified atom stereocenters. The fourth-order valence-electron chi connectivity index (χ4n) is 1.25. The monoisotopic (exact) mass is 224 g/mol. The summed E-state index contributed by atoms with van der Waals surface area (Å²) in [6.45, 7) is 1.97. The van der Waals surface area contributed by atoms with Crippen LogP contribution in [0.3, 0.4) is 0 Å². The minimum absolute atomic E-state index is 0.651. The van der Waals surface area contributed by atoms with Gasteiger partial charge in [0.15, 0.2) is 0 Å². The molecule has 2 N–H and O–H groups in total. The van der Waals surface area contributed by atoms with Crippen LogP contribution in [0.2, 0.25) is 5.02 Å². The second-order valence-electron chi connectivity index (χ2n) is 2.98. The van der Waals surface area contributed by atoms with Crippen LogP contribution in [0.4, 0.5) is 5.69 Å². The van der Waals surface area contributed by atoms with Gasteiger partial charge in [0.1, 0.15) is 0 Å². The zero-order chi connectivity index (χ0) is 10.1. The lowest BCUT2D eigenvalue weighted by atomic mass is 10.1. The van der Waals surface area contributed by atoms with Crippen molar-refractivity contribution in [1.29, 1.82) is 0 Å². The number of nitrogen functional groups attached to an aromatic ring is 1. The van der Waals surface area contributed by atoms with Crippen LogP contribution in [0, 0.1) is 6.92 Å². The van der Waals surface area contributed by atoms with E-state index in [9.17, 15) is 0 Å². The predicted octanol–water partition coefficient (Wildman–Crippen LogP) is 3.35. The number of aromatic nitrogens is 1. The summed E-state index contributed by atoms with van der Waals surface area (Å²) in [6, 6.07) is 5.46. The van der Waals surface area contributed by atoms with Crippen LogP contribution >= 0.6 is 22.9 Å². The van der Waals surface area contributed by atoms with Crippen molar-refractivity contribution >= 4 is 28.6 Å². The maximum Gasteiger partial charge on any atom is 0.0901 e. The first-order chi connectivity index (χ1) is 6.66. The number of aryl methyl sites for hydroxylation is 1. The zero-order valence-electron chi connectivity index (χ0n) is 7.62. The van der Waals surface area contributed by atoms with Gasteiger partial charge in [0.05, 0.1) is 10.7 Å². The van der Waals surface area contributed by atoms with Crippen LogP contribution in [0.1, 0.15) is 5.01 Å². The number of rotatable bonds is 1. The molecule has 0 bridgehead atoms. The van der Waals surface area contributed by atoms with E-state index in [1.807, 2.05) is 24.4 Å². The maximum atomic E-state index is 5.84. The van der Waals surface area contributed by atoms with E-state index < -0.39 is 0 Å². The Morgan fingerprint density at radius 1 is 1.43 bits per heavy atom. The number of hydrogen-bond donors (Lipinski definition) is 1. The minimum atomic E-state index is 0.651. The van der Waals surface area contributed by atoms with E-state index in [0.717, 1.165) is 16.3 Å². The molecule has 0 amide bonds. The van der Waals surface area contributed by atoms with Gasteiger partial charge in [0.25, 0.3) is 0 Å². The van der Waals surface area contributed by atoms with E-state index in [2.05, 4.69) is 4.98 Å². The van der Waals surface area contributed by atoms with E-state index in [1.54, 1.807) is 17.4 Å². The summed E-state index contributed by atoms with van der Waals surface area (Å²) in [5.74, 6) is 0. The first-order valence-corrected chi connectivity index (χ1v) is 5.40. The number of nitrogens with two attached hydrogens (primary N) is 1. The Balaban J connectivity index is 2.52. The Kier molecular flexibility index (Phi) is 2.44. The van der Waals surface area contributed by atoms with Gasteiger partial charge in [-0.05, 0) is 25.1 Å². The van der Waals surface area contributed by atoms with Crippen molar-refractivity contribution < 1.29 is 0 Å². The van der Waals surface area contributed by atoms with Crippen molar-refractivity contribution in [3.63, 3.8) is 0 Å². The summed E-state index contributed by atoms with van der Waals surface area (Å²) in [4.78, 5) is 4.37. The van der Waals surface area contributed by atoms with Gasteiger partial charge in [-0.1, -0.05) is 11.6 Å². The third-order valence-corrected chi connectivity index (χ3v) is 2.92. The zero-order valence-corrected chi connectivity index (χ0v) is 9.19. The van der Waals surface area contributed by atoms with Crippen molar-refractivity contribution in [1.82, 2.24) is 4.98 Å². The number of halogens is 1. The van der Waals surface area contributed by atoms with Crippen molar-refractivity contribution in [2.45, 2.75) is 6.92 Å². The molecule has 1 aromatic heterocycles. The van der Waals surface area contributed by atoms with Gasteiger partial charge in [-0.15, -0.1) is 11.3 Å². The van der Waals surface area contributed by atoms with Crippen molar-refractivity contribution in [2.24, 2.45) is 0 Å². The van der Waals surface area contributed by atoms with E-state index in [4.69, 9.17) is 17.3 Å². The van der Waals surface area contributed by atoms with Crippen molar-refractivity contribution in [3.8, 4) is 11.3 Å². The average molecular weight is 225 g/mol. The molecule has 0 fully saturated rings. The summed E-state index contributed by atoms with van der Waals surface area (Å²) in [5, 5.41) is 3.68. The Labute approximate surface area is 91.4 Å². The van der Waals surface area contributed by atoms with Crippen LogP contribution in [0.5, 0.6) is 0 Å². The van der Waals surface area contributed by atoms with Gasteiger partial charge in [0.2, 0.25) is 0 Å². The summed E-state index contributed by atoms with van der Waals surface area (Å²) in [6.07, 6.45) is 0. The molecule has 0 aliphatic heterocycles. The number of benzene rings is 1. The number of hydrogen-bond acceptors (Lipinski definition) is 3. The molecule has 2 aromatic rings. The summed E-state index contributed by atoms with van der Waals surface area (Å²) < 4.78 is 0. The van der Waals surface area contributed by atoms with E-state index in [-0.39, 0.29) is 0 Å². The quantitative estimate of drug-likeness (QED) is 0.755. The van der Waals surface area contributed by atoms with Crippen LogP contribution < -0.4 is 5.73 Å². The Bertz CT molecular complexity index is 465. The summed E-state index contributed by atoms with van der Waals surface area (Å²) >= 11 is 7.42. The van der Waals surface area contributed by atoms with Crippen LogP contribution in [0.15, 0.2) is 23.6 Å². The highest BCUT2D eigenvalue weighted by molar-refractivity contribution is 7.09. The normalized spacial score (nSPS) is 10.4. The molecule has 0 spiro atoms. The molecule has 2 nitrogen and oxygen atoms in total. The molecular formula is C10H9ClN2S. The summed E-state index contributed by atoms with van der Waals surface area (Å²) in [5.41, 5.74) is 8.37. The Hall–Kier alpha value is -1.06. The first kappa shape index (κ1) is 9.49. The highest BCUT2D eigenvalue weighted by Crippen LogP contribution is 2.28. The summed E-state index contributed by atoms with van der Waals surface area (Å²) in [7, 11) is 0. The number of anilines is 1. The third-order valence-electron chi connectivity index (χ3n) is 1.91. The second-order valence-corrected chi connectivity index (χ2v) is 4.48. The maximum absolute atomic E-state index is 5.84. The molecule has 2 rings (SSSR count). The Morgan fingerprint density at radius 2 is 2.21 bits per heavy atom.